The summed E-state index contributed by atoms with van der Waals surface area (Å²) >= 11 is 5.81. The smallest absolute Gasteiger partial charge is 0.251 e. The molecule has 150 valence electrons. The maximum Gasteiger partial charge on any atom is 0.251 e. The summed E-state index contributed by atoms with van der Waals surface area (Å²) < 4.78 is 10.7. The number of ether oxygens (including phenoxy) is 2. The second kappa shape index (κ2) is 10.6. The van der Waals surface area contributed by atoms with Gasteiger partial charge in [0.15, 0.2) is 11.5 Å². The Morgan fingerprint density at radius 3 is 2.43 bits per heavy atom. The second-order valence-corrected chi connectivity index (χ2v) is 6.71. The lowest BCUT2D eigenvalue weighted by molar-refractivity contribution is -0.130. The second-order valence-electron chi connectivity index (χ2n) is 6.27. The molecule has 6 nitrogen and oxygen atoms in total. The molecule has 0 aliphatic heterocycles. The number of nitrogens with zero attached hydrogens (tertiary/aromatic N) is 1. The molecule has 28 heavy (non-hydrogen) atoms. The molecule has 0 bridgehead atoms. The molecule has 0 saturated carbocycles. The average Bonchev–Trinajstić information content (AvgIpc) is 2.70. The molecule has 7 heteroatoms. The summed E-state index contributed by atoms with van der Waals surface area (Å²) in [5.74, 6) is 1.06. The van der Waals surface area contributed by atoms with Crippen LogP contribution >= 0.6 is 11.6 Å². The third-order valence-corrected chi connectivity index (χ3v) is 4.53. The molecule has 2 amide bonds. The van der Waals surface area contributed by atoms with Crippen molar-refractivity contribution in [3.63, 3.8) is 0 Å². The first-order valence-electron chi connectivity index (χ1n) is 8.94. The molecule has 0 heterocycles. The lowest BCUT2D eigenvalue weighted by Crippen LogP contribution is -2.29. The minimum Gasteiger partial charge on any atom is -0.493 e. The standard InChI is InChI=1S/C21H25ClN2O4/c1-24(14-16-6-4-7-18(27-2)20(16)28-3)19(25)8-5-13-23-21(26)15-9-11-17(22)12-10-15/h4,6-7,9-12H,5,8,13-14H2,1-3H3,(H,23,26). The van der Waals surface area contributed by atoms with Crippen LogP contribution in [0.15, 0.2) is 42.5 Å². The Morgan fingerprint density at radius 1 is 1.07 bits per heavy atom. The molecule has 0 unspecified atom stereocenters. The fourth-order valence-electron chi connectivity index (χ4n) is 2.76. The Bertz CT molecular complexity index is 809. The van der Waals surface area contributed by atoms with Gasteiger partial charge in [0.1, 0.15) is 0 Å². The molecule has 0 fully saturated rings. The summed E-state index contributed by atoms with van der Waals surface area (Å²) in [5.41, 5.74) is 1.41. The van der Waals surface area contributed by atoms with Crippen LogP contribution in [0.1, 0.15) is 28.8 Å². The zero-order chi connectivity index (χ0) is 20.5. The SMILES string of the molecule is COc1cccc(CN(C)C(=O)CCCNC(=O)c2ccc(Cl)cc2)c1OC. The van der Waals surface area contributed by atoms with Gasteiger partial charge in [-0.2, -0.15) is 0 Å². The van der Waals surface area contributed by atoms with Gasteiger partial charge in [0.2, 0.25) is 5.91 Å². The summed E-state index contributed by atoms with van der Waals surface area (Å²) in [5, 5.41) is 3.39. The van der Waals surface area contributed by atoms with E-state index >= 15 is 0 Å². The van der Waals surface area contributed by atoms with Crippen LogP contribution in [-0.4, -0.2) is 44.5 Å². The van der Waals surface area contributed by atoms with Crippen LogP contribution in [-0.2, 0) is 11.3 Å². The zero-order valence-electron chi connectivity index (χ0n) is 16.3. The summed E-state index contributed by atoms with van der Waals surface area (Å²) in [4.78, 5) is 26.0. The molecule has 2 rings (SSSR count). The highest BCUT2D eigenvalue weighted by Gasteiger charge is 2.15. The molecule has 2 aromatic rings. The number of hydrogen-bond donors (Lipinski definition) is 1. The van der Waals surface area contributed by atoms with Crippen molar-refractivity contribution in [3.8, 4) is 11.5 Å². The first kappa shape index (κ1) is 21.6. The highest BCUT2D eigenvalue weighted by Crippen LogP contribution is 2.31. The highest BCUT2D eigenvalue weighted by atomic mass is 35.5. The van der Waals surface area contributed by atoms with Crippen molar-refractivity contribution in [2.24, 2.45) is 0 Å². The normalized spacial score (nSPS) is 10.3. The van der Waals surface area contributed by atoms with Crippen LogP contribution < -0.4 is 14.8 Å². The molecular weight excluding hydrogens is 380 g/mol. The lowest BCUT2D eigenvalue weighted by atomic mass is 10.1. The van der Waals surface area contributed by atoms with Gasteiger partial charge in [-0.1, -0.05) is 23.7 Å². The van der Waals surface area contributed by atoms with E-state index in [-0.39, 0.29) is 11.8 Å². The highest BCUT2D eigenvalue weighted by molar-refractivity contribution is 6.30. The largest absolute Gasteiger partial charge is 0.493 e. The predicted octanol–water partition coefficient (Wildman–Crippen LogP) is 3.53. The minimum atomic E-state index is -0.182. The van der Waals surface area contributed by atoms with Crippen molar-refractivity contribution in [1.29, 1.82) is 0 Å². The van der Waals surface area contributed by atoms with E-state index in [1.54, 1.807) is 50.4 Å². The van der Waals surface area contributed by atoms with Gasteiger partial charge in [-0.3, -0.25) is 9.59 Å². The number of methoxy groups -OCH3 is 2. The third-order valence-electron chi connectivity index (χ3n) is 4.28. The van der Waals surface area contributed by atoms with Crippen molar-refractivity contribution in [2.45, 2.75) is 19.4 Å². The van der Waals surface area contributed by atoms with E-state index in [4.69, 9.17) is 21.1 Å². The van der Waals surface area contributed by atoms with E-state index in [1.807, 2.05) is 18.2 Å². The number of carbonyl (C=O) groups is 2. The molecule has 1 N–H and O–H groups in total. The zero-order valence-corrected chi connectivity index (χ0v) is 17.1. The number of rotatable bonds is 9. The molecule has 0 aliphatic rings. The van der Waals surface area contributed by atoms with Gasteiger partial charge in [0, 0.05) is 42.7 Å². The van der Waals surface area contributed by atoms with Crippen molar-refractivity contribution in [1.82, 2.24) is 10.2 Å². The van der Waals surface area contributed by atoms with E-state index in [2.05, 4.69) is 5.32 Å². The summed E-state index contributed by atoms with van der Waals surface area (Å²) in [6.45, 7) is 0.833. The van der Waals surface area contributed by atoms with Gasteiger partial charge in [-0.25, -0.2) is 0 Å². The topological polar surface area (TPSA) is 67.9 Å². The number of hydrogen-bond acceptors (Lipinski definition) is 4. The molecular formula is C21H25ClN2O4. The van der Waals surface area contributed by atoms with E-state index in [0.29, 0.717) is 48.0 Å². The molecule has 0 spiro atoms. The van der Waals surface area contributed by atoms with Gasteiger partial charge < -0.3 is 19.7 Å². The molecule has 0 radical (unpaired) electrons. The maximum atomic E-state index is 12.4. The van der Waals surface area contributed by atoms with E-state index in [0.717, 1.165) is 5.56 Å². The quantitative estimate of drug-likeness (QED) is 0.649. The van der Waals surface area contributed by atoms with Gasteiger partial charge >= 0.3 is 0 Å². The van der Waals surface area contributed by atoms with Crippen molar-refractivity contribution < 1.29 is 19.1 Å². The molecule has 0 aromatic heterocycles. The summed E-state index contributed by atoms with van der Waals surface area (Å²) in [6.07, 6.45) is 0.890. The molecule has 0 saturated heterocycles. The van der Waals surface area contributed by atoms with Gasteiger partial charge in [0.25, 0.3) is 5.91 Å². The summed E-state index contributed by atoms with van der Waals surface area (Å²) in [6, 6.07) is 12.2. The number of benzene rings is 2. The van der Waals surface area contributed by atoms with Crippen molar-refractivity contribution in [2.75, 3.05) is 27.8 Å². The van der Waals surface area contributed by atoms with Crippen LogP contribution in [0.4, 0.5) is 0 Å². The Labute approximate surface area is 170 Å². The Morgan fingerprint density at radius 2 is 1.79 bits per heavy atom. The van der Waals surface area contributed by atoms with Crippen molar-refractivity contribution >= 4 is 23.4 Å². The van der Waals surface area contributed by atoms with E-state index < -0.39 is 0 Å². The summed E-state index contributed by atoms with van der Waals surface area (Å²) in [7, 11) is 4.90. The fraction of sp³-hybridized carbons (Fsp3) is 0.333. The van der Waals surface area contributed by atoms with E-state index in [1.165, 1.54) is 0 Å². The number of carbonyl (C=O) groups excluding carboxylic acids is 2. The van der Waals surface area contributed by atoms with Crippen LogP contribution in [0, 0.1) is 0 Å². The lowest BCUT2D eigenvalue weighted by Gasteiger charge is -2.20. The number of para-hydroxylation sites is 1. The third kappa shape index (κ3) is 5.89. The van der Waals surface area contributed by atoms with Gasteiger partial charge in [-0.05, 0) is 36.8 Å². The fourth-order valence-corrected chi connectivity index (χ4v) is 2.88. The van der Waals surface area contributed by atoms with Crippen LogP contribution in [0.5, 0.6) is 11.5 Å². The Balaban J connectivity index is 1.80. The number of halogens is 1. The first-order valence-corrected chi connectivity index (χ1v) is 9.31. The monoisotopic (exact) mass is 404 g/mol. The van der Waals surface area contributed by atoms with Gasteiger partial charge in [-0.15, -0.1) is 0 Å². The first-order chi connectivity index (χ1) is 13.5. The van der Waals surface area contributed by atoms with Gasteiger partial charge in [0.05, 0.1) is 14.2 Å². The Hall–Kier alpha value is -2.73. The predicted molar refractivity (Wildman–Crippen MR) is 109 cm³/mol. The average molecular weight is 405 g/mol. The van der Waals surface area contributed by atoms with Crippen LogP contribution in [0.2, 0.25) is 5.02 Å². The maximum absolute atomic E-state index is 12.4. The molecule has 0 aliphatic carbocycles. The molecule has 0 atom stereocenters. The van der Waals surface area contributed by atoms with Crippen LogP contribution in [0.25, 0.3) is 0 Å². The van der Waals surface area contributed by atoms with Crippen molar-refractivity contribution in [3.05, 3.63) is 58.6 Å². The van der Waals surface area contributed by atoms with E-state index in [9.17, 15) is 9.59 Å². The molecule has 2 aromatic carbocycles. The Kier molecular flexibility index (Phi) is 8.14. The van der Waals surface area contributed by atoms with Crippen LogP contribution in [0.3, 0.4) is 0 Å². The number of amides is 2. The minimum absolute atomic E-state index is 0.00869. The number of nitrogens with one attached hydrogen (secondary N) is 1.